The first kappa shape index (κ1) is 24.3. The van der Waals surface area contributed by atoms with E-state index in [2.05, 4.69) is 33.7 Å². The number of rotatable bonds is 7. The maximum absolute atomic E-state index is 12.9. The summed E-state index contributed by atoms with van der Waals surface area (Å²) in [4.78, 5) is 24.9. The normalized spacial score (nSPS) is 10.9. The number of carbonyl (C=O) groups is 2. The van der Waals surface area contributed by atoms with Crippen molar-refractivity contribution in [2.24, 2.45) is 0 Å². The van der Waals surface area contributed by atoms with E-state index in [1.807, 2.05) is 60.0 Å². The van der Waals surface area contributed by atoms with Gasteiger partial charge in [0.05, 0.1) is 29.8 Å². The average Bonchev–Trinajstić information content (AvgIpc) is 3.35. The van der Waals surface area contributed by atoms with E-state index in [-0.39, 0.29) is 11.7 Å². The third-order valence-electron chi connectivity index (χ3n) is 5.89. The minimum atomic E-state index is -0.512. The van der Waals surface area contributed by atoms with Crippen molar-refractivity contribution in [1.82, 2.24) is 14.8 Å². The molecule has 0 aliphatic carbocycles. The lowest BCUT2D eigenvalue weighted by atomic mass is 10.1. The van der Waals surface area contributed by atoms with Crippen molar-refractivity contribution < 1.29 is 14.3 Å². The van der Waals surface area contributed by atoms with E-state index in [0.717, 1.165) is 27.6 Å². The highest BCUT2D eigenvalue weighted by atomic mass is 32.2. The van der Waals surface area contributed by atoms with Crippen molar-refractivity contribution in [3.8, 4) is 17.1 Å². The Labute approximate surface area is 218 Å². The molecule has 37 heavy (non-hydrogen) atoms. The van der Waals surface area contributed by atoms with Crippen LogP contribution in [0.25, 0.3) is 27.8 Å². The molecule has 0 saturated heterocycles. The quantitative estimate of drug-likeness (QED) is 0.217. The standard InChI is InChI=1S/C29H24N4O3S/c1-19-14-16-21(17-15-19)27-31-32-29(33(27)25-13-7-9-20-8-3-4-10-22(20)25)37-18-26(34)30-24-12-6-5-11-23(24)28(35)36-2/h3-17H,18H2,1-2H3,(H,30,34). The minimum Gasteiger partial charge on any atom is -0.465 e. The lowest BCUT2D eigenvalue weighted by Crippen LogP contribution is -2.17. The molecule has 4 aromatic carbocycles. The molecule has 184 valence electrons. The molecular formula is C29H24N4O3S. The monoisotopic (exact) mass is 508 g/mol. The Morgan fingerprint density at radius 1 is 0.892 bits per heavy atom. The van der Waals surface area contributed by atoms with Crippen molar-refractivity contribution in [3.05, 3.63) is 102 Å². The van der Waals surface area contributed by atoms with Crippen LogP contribution in [0.1, 0.15) is 15.9 Å². The molecule has 1 aromatic heterocycles. The number of hydrogen-bond donors (Lipinski definition) is 1. The number of benzene rings is 4. The first-order valence-corrected chi connectivity index (χ1v) is 12.6. The van der Waals surface area contributed by atoms with E-state index >= 15 is 0 Å². The SMILES string of the molecule is COC(=O)c1ccccc1NC(=O)CSc1nnc(-c2ccc(C)cc2)n1-c1cccc2ccccc12. The van der Waals surface area contributed by atoms with Crippen molar-refractivity contribution in [2.45, 2.75) is 12.1 Å². The lowest BCUT2D eigenvalue weighted by Gasteiger charge is -2.14. The molecule has 0 fully saturated rings. The topological polar surface area (TPSA) is 86.1 Å². The summed E-state index contributed by atoms with van der Waals surface area (Å²) in [7, 11) is 1.31. The number of esters is 1. The molecule has 0 aliphatic rings. The van der Waals surface area contributed by atoms with Gasteiger partial charge in [0.1, 0.15) is 0 Å². The number of ether oxygens (including phenoxy) is 1. The largest absolute Gasteiger partial charge is 0.465 e. The molecule has 8 heteroatoms. The van der Waals surface area contributed by atoms with Gasteiger partial charge < -0.3 is 10.1 Å². The summed E-state index contributed by atoms with van der Waals surface area (Å²) in [5.74, 6) is -0.0187. The summed E-state index contributed by atoms with van der Waals surface area (Å²) in [6, 6.07) is 29.1. The Morgan fingerprint density at radius 2 is 1.62 bits per heavy atom. The first-order chi connectivity index (χ1) is 18.0. The van der Waals surface area contributed by atoms with Crippen LogP contribution in [0.2, 0.25) is 0 Å². The van der Waals surface area contributed by atoms with Gasteiger partial charge in [-0.15, -0.1) is 10.2 Å². The molecule has 0 saturated carbocycles. The highest BCUT2D eigenvalue weighted by Gasteiger charge is 2.20. The van der Waals surface area contributed by atoms with Gasteiger partial charge in [0.2, 0.25) is 5.91 Å². The van der Waals surface area contributed by atoms with Crippen molar-refractivity contribution in [2.75, 3.05) is 18.2 Å². The minimum absolute atomic E-state index is 0.0757. The van der Waals surface area contributed by atoms with Crippen LogP contribution in [-0.4, -0.2) is 39.5 Å². The zero-order chi connectivity index (χ0) is 25.8. The van der Waals surface area contributed by atoms with Gasteiger partial charge in [0.25, 0.3) is 0 Å². The van der Waals surface area contributed by atoms with Crippen LogP contribution < -0.4 is 5.32 Å². The van der Waals surface area contributed by atoms with Gasteiger partial charge in [-0.1, -0.05) is 90.1 Å². The van der Waals surface area contributed by atoms with Crippen LogP contribution in [0, 0.1) is 6.92 Å². The summed E-state index contributed by atoms with van der Waals surface area (Å²) in [5.41, 5.74) is 3.70. The Morgan fingerprint density at radius 3 is 2.43 bits per heavy atom. The molecule has 0 bridgehead atoms. The predicted octanol–water partition coefficient (Wildman–Crippen LogP) is 5.91. The highest BCUT2D eigenvalue weighted by molar-refractivity contribution is 7.99. The molecule has 0 unspecified atom stereocenters. The summed E-state index contributed by atoms with van der Waals surface area (Å²) in [6.07, 6.45) is 0. The van der Waals surface area contributed by atoms with Gasteiger partial charge in [-0.25, -0.2) is 4.79 Å². The molecule has 0 aliphatic heterocycles. The number of methoxy groups -OCH3 is 1. The van der Waals surface area contributed by atoms with Gasteiger partial charge >= 0.3 is 5.97 Å². The Hall–Kier alpha value is -4.43. The van der Waals surface area contributed by atoms with E-state index in [4.69, 9.17) is 4.74 Å². The van der Waals surface area contributed by atoms with Gasteiger partial charge in [0.15, 0.2) is 11.0 Å². The third-order valence-corrected chi connectivity index (χ3v) is 6.82. The predicted molar refractivity (Wildman–Crippen MR) is 146 cm³/mol. The summed E-state index contributed by atoms with van der Waals surface area (Å²) in [5, 5.41) is 14.5. The number of nitrogens with one attached hydrogen (secondary N) is 1. The van der Waals surface area contributed by atoms with Crippen molar-refractivity contribution >= 4 is 40.1 Å². The number of anilines is 1. The first-order valence-electron chi connectivity index (χ1n) is 11.7. The molecule has 1 heterocycles. The molecule has 1 N–H and O–H groups in total. The van der Waals surface area contributed by atoms with Crippen LogP contribution in [-0.2, 0) is 9.53 Å². The van der Waals surface area contributed by atoms with Crippen LogP contribution in [0.15, 0.2) is 96.2 Å². The summed E-state index contributed by atoms with van der Waals surface area (Å²) in [6.45, 7) is 2.04. The van der Waals surface area contributed by atoms with E-state index in [1.54, 1.807) is 24.3 Å². The van der Waals surface area contributed by atoms with Crippen molar-refractivity contribution in [1.29, 1.82) is 0 Å². The number of thioether (sulfide) groups is 1. The van der Waals surface area contributed by atoms with E-state index in [0.29, 0.717) is 22.2 Å². The van der Waals surface area contributed by atoms with Gasteiger partial charge in [-0.2, -0.15) is 0 Å². The summed E-state index contributed by atoms with van der Waals surface area (Å²) < 4.78 is 6.82. The van der Waals surface area contributed by atoms with E-state index in [1.165, 1.54) is 18.9 Å². The molecule has 5 rings (SSSR count). The number of amides is 1. The van der Waals surface area contributed by atoms with Gasteiger partial charge in [-0.3, -0.25) is 9.36 Å². The zero-order valence-electron chi connectivity index (χ0n) is 20.3. The fraction of sp³-hybridized carbons (Fsp3) is 0.103. The van der Waals surface area contributed by atoms with E-state index in [9.17, 15) is 9.59 Å². The third kappa shape index (κ3) is 5.10. The average molecular weight is 509 g/mol. The molecule has 0 spiro atoms. The molecule has 7 nitrogen and oxygen atoms in total. The number of aryl methyl sites for hydroxylation is 1. The second-order valence-corrected chi connectivity index (χ2v) is 9.32. The van der Waals surface area contributed by atoms with Gasteiger partial charge in [-0.05, 0) is 30.5 Å². The number of carbonyl (C=O) groups excluding carboxylic acids is 2. The van der Waals surface area contributed by atoms with Crippen LogP contribution in [0.3, 0.4) is 0 Å². The molecule has 0 radical (unpaired) electrons. The number of aromatic nitrogens is 3. The second kappa shape index (κ2) is 10.7. The number of fused-ring (bicyclic) bond motifs is 1. The smallest absolute Gasteiger partial charge is 0.339 e. The Balaban J connectivity index is 1.48. The molecule has 0 atom stereocenters. The molecular weight excluding hydrogens is 484 g/mol. The molecule has 5 aromatic rings. The number of para-hydroxylation sites is 1. The molecule has 1 amide bonds. The second-order valence-electron chi connectivity index (χ2n) is 8.38. The van der Waals surface area contributed by atoms with Gasteiger partial charge in [0, 0.05) is 10.9 Å². The van der Waals surface area contributed by atoms with E-state index < -0.39 is 5.97 Å². The van der Waals surface area contributed by atoms with Crippen LogP contribution in [0.5, 0.6) is 0 Å². The number of hydrogen-bond acceptors (Lipinski definition) is 6. The maximum Gasteiger partial charge on any atom is 0.339 e. The fourth-order valence-corrected chi connectivity index (χ4v) is 4.81. The Kier molecular flexibility index (Phi) is 7.00. The Bertz CT molecular complexity index is 1590. The van der Waals surface area contributed by atoms with Crippen molar-refractivity contribution in [3.63, 3.8) is 0 Å². The lowest BCUT2D eigenvalue weighted by molar-refractivity contribution is -0.113. The van der Waals surface area contributed by atoms with Crippen LogP contribution >= 0.6 is 11.8 Å². The maximum atomic E-state index is 12.9. The zero-order valence-corrected chi connectivity index (χ0v) is 21.2. The highest BCUT2D eigenvalue weighted by Crippen LogP contribution is 2.32. The fourth-order valence-electron chi connectivity index (χ4n) is 4.07. The summed E-state index contributed by atoms with van der Waals surface area (Å²) >= 11 is 1.28. The van der Waals surface area contributed by atoms with Crippen LogP contribution in [0.4, 0.5) is 5.69 Å². The number of nitrogens with zero attached hydrogens (tertiary/aromatic N) is 3.